The Kier molecular flexibility index (Phi) is 6.27. The summed E-state index contributed by atoms with van der Waals surface area (Å²) in [5.74, 6) is -13.0. The quantitative estimate of drug-likeness (QED) is 0.266. The van der Waals surface area contributed by atoms with E-state index in [9.17, 15) is 35.5 Å². The molecule has 0 aliphatic carbocycles. The van der Waals surface area contributed by atoms with Crippen LogP contribution in [0.2, 0.25) is 0 Å². The van der Waals surface area contributed by atoms with Crippen molar-refractivity contribution in [1.29, 1.82) is 0 Å². The fourth-order valence-corrected chi connectivity index (χ4v) is 2.20. The summed E-state index contributed by atoms with van der Waals surface area (Å²) in [6.45, 7) is -0.305. The van der Waals surface area contributed by atoms with E-state index in [-0.39, 0.29) is 6.61 Å². The number of hydrogen-bond donors (Lipinski definition) is 0. The molecular weight excluding hydrogens is 448 g/mol. The molecule has 130 valence electrons. The van der Waals surface area contributed by atoms with E-state index in [1.165, 1.54) is 0 Å². The number of halogens is 8. The molecule has 0 amide bonds. The van der Waals surface area contributed by atoms with Crippen molar-refractivity contribution in [1.82, 2.24) is 0 Å². The van der Waals surface area contributed by atoms with Gasteiger partial charge in [0.1, 0.15) is 10.5 Å². The lowest BCUT2D eigenvalue weighted by Crippen LogP contribution is -2.53. The molecule has 0 fully saturated rings. The summed E-state index contributed by atoms with van der Waals surface area (Å²) in [5.41, 5.74) is 0.511. The number of alkyl halides is 8. The molecule has 1 unspecified atom stereocenters. The molecule has 10 heteroatoms. The van der Waals surface area contributed by atoms with Crippen molar-refractivity contribution in [3.8, 4) is 0 Å². The van der Waals surface area contributed by atoms with Crippen LogP contribution in [-0.2, 0) is 16.1 Å². The van der Waals surface area contributed by atoms with Gasteiger partial charge < -0.3 is 4.74 Å². The summed E-state index contributed by atoms with van der Waals surface area (Å²) in [5, 5.41) is 0. The molecule has 0 N–H and O–H groups in total. The molecule has 0 radical (unpaired) electrons. The van der Waals surface area contributed by atoms with Gasteiger partial charge in [-0.1, -0.05) is 52.9 Å². The predicted molar refractivity (Wildman–Crippen MR) is 74.6 cm³/mol. The molecule has 0 spiro atoms. The SMILES string of the molecule is O=C(OCc1ccccc1)C(I)CC(F)(F)C(F)(F)C(F)(F)F. The lowest BCUT2D eigenvalue weighted by Gasteiger charge is -2.29. The minimum absolute atomic E-state index is 0.305. The van der Waals surface area contributed by atoms with Gasteiger partial charge in [-0.15, -0.1) is 0 Å². The minimum atomic E-state index is -6.42. The molecule has 1 atom stereocenters. The van der Waals surface area contributed by atoms with E-state index >= 15 is 0 Å². The number of ether oxygens (including phenoxy) is 1. The summed E-state index contributed by atoms with van der Waals surface area (Å²) in [7, 11) is 0. The Morgan fingerprint density at radius 2 is 1.57 bits per heavy atom. The number of carbonyl (C=O) groups is 1. The molecule has 23 heavy (non-hydrogen) atoms. The van der Waals surface area contributed by atoms with E-state index in [0.29, 0.717) is 5.56 Å². The topological polar surface area (TPSA) is 26.3 Å². The van der Waals surface area contributed by atoms with Gasteiger partial charge in [0.2, 0.25) is 0 Å². The Bertz CT molecular complexity index is 531. The molecule has 0 saturated carbocycles. The molecule has 0 bridgehead atoms. The highest BCUT2D eigenvalue weighted by Crippen LogP contribution is 2.49. The van der Waals surface area contributed by atoms with Crippen molar-refractivity contribution in [3.63, 3.8) is 0 Å². The molecule has 1 aromatic rings. The first-order chi connectivity index (χ1) is 10.4. The van der Waals surface area contributed by atoms with Crippen molar-refractivity contribution in [2.45, 2.75) is 35.0 Å². The average molecular weight is 458 g/mol. The number of carbonyl (C=O) groups excluding carboxylic acids is 1. The first-order valence-electron chi connectivity index (χ1n) is 6.05. The maximum absolute atomic E-state index is 13.2. The number of hydrogen-bond acceptors (Lipinski definition) is 2. The van der Waals surface area contributed by atoms with Crippen LogP contribution in [0.3, 0.4) is 0 Å². The number of esters is 1. The molecule has 1 rings (SSSR count). The first kappa shape index (κ1) is 20.0. The second-order valence-electron chi connectivity index (χ2n) is 4.54. The summed E-state index contributed by atoms with van der Waals surface area (Å²) in [6, 6.07) is 8.02. The van der Waals surface area contributed by atoms with Crippen LogP contribution < -0.4 is 0 Å². The average Bonchev–Trinajstić information content (AvgIpc) is 2.44. The summed E-state index contributed by atoms with van der Waals surface area (Å²) in [6.07, 6.45) is -8.41. The van der Waals surface area contributed by atoms with E-state index in [0.717, 1.165) is 22.6 Å². The first-order valence-corrected chi connectivity index (χ1v) is 7.30. The standard InChI is InChI=1S/C13H10F7IO2/c14-11(15,12(16,17)13(18,19)20)6-9(21)10(22)23-7-8-4-2-1-3-5-8/h1-5,9H,6-7H2. The zero-order valence-electron chi connectivity index (χ0n) is 11.2. The minimum Gasteiger partial charge on any atom is -0.460 e. The Hall–Kier alpha value is -1.07. The van der Waals surface area contributed by atoms with Gasteiger partial charge in [0, 0.05) is 6.42 Å². The van der Waals surface area contributed by atoms with Crippen LogP contribution in [0.5, 0.6) is 0 Å². The molecule has 0 aromatic heterocycles. The highest BCUT2D eigenvalue weighted by molar-refractivity contribution is 14.1. The van der Waals surface area contributed by atoms with Crippen molar-refractivity contribution in [2.24, 2.45) is 0 Å². The lowest BCUT2D eigenvalue weighted by molar-refractivity contribution is -0.355. The largest absolute Gasteiger partial charge is 0.460 e. The summed E-state index contributed by atoms with van der Waals surface area (Å²) in [4.78, 5) is 11.5. The van der Waals surface area contributed by atoms with Gasteiger partial charge in [-0.05, 0) is 5.56 Å². The van der Waals surface area contributed by atoms with Crippen molar-refractivity contribution in [2.75, 3.05) is 0 Å². The van der Waals surface area contributed by atoms with Crippen LogP contribution in [0.1, 0.15) is 12.0 Å². The van der Waals surface area contributed by atoms with E-state index in [1.807, 2.05) is 0 Å². The van der Waals surface area contributed by atoms with E-state index < -0.39 is 34.3 Å². The Labute approximate surface area is 140 Å². The number of benzene rings is 1. The van der Waals surface area contributed by atoms with Crippen molar-refractivity contribution < 1.29 is 40.3 Å². The number of rotatable bonds is 6. The van der Waals surface area contributed by atoms with Crippen LogP contribution in [0, 0.1) is 0 Å². The van der Waals surface area contributed by atoms with Gasteiger partial charge in [0.25, 0.3) is 0 Å². The zero-order chi connectivity index (χ0) is 17.9. The fourth-order valence-electron chi connectivity index (χ4n) is 1.46. The summed E-state index contributed by atoms with van der Waals surface area (Å²) >= 11 is 1.05. The second-order valence-corrected chi connectivity index (χ2v) is 6.05. The van der Waals surface area contributed by atoms with Gasteiger partial charge in [0.05, 0.1) is 0 Å². The summed E-state index contributed by atoms with van der Waals surface area (Å²) < 4.78 is 90.7. The van der Waals surface area contributed by atoms with E-state index in [4.69, 9.17) is 0 Å². The highest BCUT2D eigenvalue weighted by atomic mass is 127. The maximum atomic E-state index is 13.2. The third-order valence-corrected chi connectivity index (χ3v) is 3.68. The molecular formula is C13H10F7IO2. The second kappa shape index (κ2) is 7.22. The molecule has 0 aliphatic rings. The van der Waals surface area contributed by atoms with Gasteiger partial charge in [-0.25, -0.2) is 0 Å². The van der Waals surface area contributed by atoms with E-state index in [1.54, 1.807) is 30.3 Å². The van der Waals surface area contributed by atoms with Crippen molar-refractivity contribution >= 4 is 28.6 Å². The highest BCUT2D eigenvalue weighted by Gasteiger charge is 2.73. The van der Waals surface area contributed by atoms with Gasteiger partial charge >= 0.3 is 24.0 Å². The van der Waals surface area contributed by atoms with Gasteiger partial charge in [0.15, 0.2) is 0 Å². The Morgan fingerprint density at radius 3 is 2.04 bits per heavy atom. The van der Waals surface area contributed by atoms with Crippen LogP contribution >= 0.6 is 22.6 Å². The van der Waals surface area contributed by atoms with Crippen LogP contribution in [0.4, 0.5) is 30.7 Å². The Balaban J connectivity index is 2.67. The Morgan fingerprint density at radius 1 is 1.04 bits per heavy atom. The van der Waals surface area contributed by atoms with Crippen LogP contribution in [-0.4, -0.2) is 27.9 Å². The van der Waals surface area contributed by atoms with Gasteiger partial charge in [-0.2, -0.15) is 30.7 Å². The molecule has 0 heterocycles. The lowest BCUT2D eigenvalue weighted by atomic mass is 10.1. The molecule has 0 aliphatic heterocycles. The normalized spacial score (nSPS) is 14.4. The van der Waals surface area contributed by atoms with Crippen LogP contribution in [0.15, 0.2) is 30.3 Å². The van der Waals surface area contributed by atoms with Crippen molar-refractivity contribution in [3.05, 3.63) is 35.9 Å². The monoisotopic (exact) mass is 458 g/mol. The van der Waals surface area contributed by atoms with E-state index in [2.05, 4.69) is 4.74 Å². The smallest absolute Gasteiger partial charge is 0.459 e. The molecule has 2 nitrogen and oxygen atoms in total. The van der Waals surface area contributed by atoms with Crippen LogP contribution in [0.25, 0.3) is 0 Å². The third kappa shape index (κ3) is 4.95. The molecule has 0 saturated heterocycles. The zero-order valence-corrected chi connectivity index (χ0v) is 13.4. The maximum Gasteiger partial charge on any atom is 0.459 e. The third-order valence-electron chi connectivity index (χ3n) is 2.73. The predicted octanol–water partition coefficient (Wildman–Crippen LogP) is 4.76. The fraction of sp³-hybridized carbons (Fsp3) is 0.462. The molecule has 1 aromatic carbocycles. The van der Waals surface area contributed by atoms with Gasteiger partial charge in [-0.3, -0.25) is 4.79 Å².